The van der Waals surface area contributed by atoms with Crippen molar-refractivity contribution in [1.82, 2.24) is 9.62 Å². The van der Waals surface area contributed by atoms with Crippen molar-refractivity contribution in [1.29, 1.82) is 0 Å². The molecule has 1 atom stereocenters. The van der Waals surface area contributed by atoms with Crippen LogP contribution >= 0.6 is 0 Å². The summed E-state index contributed by atoms with van der Waals surface area (Å²) in [6.07, 6.45) is 11.8. The lowest BCUT2D eigenvalue weighted by molar-refractivity contribution is -0.131. The topological polar surface area (TPSA) is 66.5 Å². The minimum atomic E-state index is -3.13. The molecule has 0 spiro atoms. The number of amides is 1. The van der Waals surface area contributed by atoms with Crippen molar-refractivity contribution in [2.75, 3.05) is 19.3 Å². The second-order valence-electron chi connectivity index (χ2n) is 9.69. The van der Waals surface area contributed by atoms with Gasteiger partial charge >= 0.3 is 0 Å². The molecule has 1 heterocycles. The van der Waals surface area contributed by atoms with Crippen LogP contribution in [0.5, 0.6) is 0 Å². The second kappa shape index (κ2) is 6.77. The van der Waals surface area contributed by atoms with Gasteiger partial charge in [-0.1, -0.05) is 6.92 Å². The largest absolute Gasteiger partial charge is 0.353 e. The van der Waals surface area contributed by atoms with E-state index in [9.17, 15) is 13.2 Å². The maximum Gasteiger partial charge on any atom is 0.223 e. The van der Waals surface area contributed by atoms with Crippen LogP contribution in [-0.2, 0) is 14.8 Å². The molecule has 4 aliphatic carbocycles. The third kappa shape index (κ3) is 3.44. The average molecular weight is 383 g/mol. The van der Waals surface area contributed by atoms with Gasteiger partial charge in [0.2, 0.25) is 15.9 Å². The van der Waals surface area contributed by atoms with Gasteiger partial charge in [-0.3, -0.25) is 4.79 Å². The number of nitrogens with one attached hydrogen (secondary N) is 1. The molecule has 0 aromatic heterocycles. The zero-order chi connectivity index (χ0) is 18.5. The van der Waals surface area contributed by atoms with E-state index in [4.69, 9.17) is 0 Å². The van der Waals surface area contributed by atoms with E-state index in [1.807, 2.05) is 0 Å². The highest BCUT2D eigenvalue weighted by molar-refractivity contribution is 7.88. The monoisotopic (exact) mass is 382 g/mol. The van der Waals surface area contributed by atoms with E-state index >= 15 is 0 Å². The molecule has 4 saturated carbocycles. The fourth-order valence-electron chi connectivity index (χ4n) is 7.03. The van der Waals surface area contributed by atoms with Gasteiger partial charge in [-0.15, -0.1) is 0 Å². The molecule has 0 radical (unpaired) electrons. The van der Waals surface area contributed by atoms with Gasteiger partial charge in [-0.25, -0.2) is 12.7 Å². The van der Waals surface area contributed by atoms with Crippen LogP contribution in [0.15, 0.2) is 0 Å². The van der Waals surface area contributed by atoms with Gasteiger partial charge in [0.25, 0.3) is 0 Å². The van der Waals surface area contributed by atoms with E-state index in [1.165, 1.54) is 49.1 Å². The highest BCUT2D eigenvalue weighted by Crippen LogP contribution is 2.61. The summed E-state index contributed by atoms with van der Waals surface area (Å²) in [5.41, 5.74) is 0.340. The van der Waals surface area contributed by atoms with Crippen molar-refractivity contribution in [2.45, 2.75) is 70.8 Å². The average Bonchev–Trinajstić information content (AvgIpc) is 2.57. The van der Waals surface area contributed by atoms with Crippen molar-refractivity contribution < 1.29 is 13.2 Å². The Bertz CT molecular complexity index is 617. The minimum Gasteiger partial charge on any atom is -0.353 e. The lowest BCUT2D eigenvalue weighted by Gasteiger charge is -2.59. The summed E-state index contributed by atoms with van der Waals surface area (Å²) in [6.45, 7) is 3.17. The fraction of sp³-hybridized carbons (Fsp3) is 0.950. The predicted octanol–water partition coefficient (Wildman–Crippen LogP) is 2.77. The molecule has 5 nitrogen and oxygen atoms in total. The van der Waals surface area contributed by atoms with E-state index < -0.39 is 10.0 Å². The SMILES string of the molecule is CCC(NC(=O)C1CCN(S(C)(=O)=O)CC1)C12CC3CC(CC(C3)C1)C2. The summed E-state index contributed by atoms with van der Waals surface area (Å²) in [7, 11) is -3.13. The van der Waals surface area contributed by atoms with Gasteiger partial charge in [-0.05, 0) is 81.0 Å². The molecule has 0 aromatic rings. The molecular formula is C20H34N2O3S. The van der Waals surface area contributed by atoms with E-state index in [-0.39, 0.29) is 11.8 Å². The smallest absolute Gasteiger partial charge is 0.223 e. The molecule has 6 heteroatoms. The number of piperidine rings is 1. The van der Waals surface area contributed by atoms with Crippen molar-refractivity contribution in [3.05, 3.63) is 0 Å². The van der Waals surface area contributed by atoms with Gasteiger partial charge in [0.05, 0.1) is 6.26 Å². The van der Waals surface area contributed by atoms with Crippen LogP contribution in [0.4, 0.5) is 0 Å². The first-order valence-electron chi connectivity index (χ1n) is 10.5. The fourth-order valence-corrected chi connectivity index (χ4v) is 7.91. The first-order valence-corrected chi connectivity index (χ1v) is 12.4. The van der Waals surface area contributed by atoms with Gasteiger partial charge in [0.15, 0.2) is 0 Å². The van der Waals surface area contributed by atoms with Crippen molar-refractivity contribution in [3.63, 3.8) is 0 Å². The molecule has 5 fully saturated rings. The zero-order valence-electron chi connectivity index (χ0n) is 16.2. The molecular weight excluding hydrogens is 348 g/mol. The summed E-state index contributed by atoms with van der Waals surface area (Å²) in [5.74, 6) is 2.82. The zero-order valence-corrected chi connectivity index (χ0v) is 17.1. The number of hydrogen-bond donors (Lipinski definition) is 1. The van der Waals surface area contributed by atoms with Crippen molar-refractivity contribution in [2.24, 2.45) is 29.1 Å². The molecule has 148 valence electrons. The van der Waals surface area contributed by atoms with Crippen LogP contribution in [-0.4, -0.2) is 44.0 Å². The molecule has 1 unspecified atom stereocenters. The summed E-state index contributed by atoms with van der Waals surface area (Å²) in [5, 5.41) is 3.44. The number of carbonyl (C=O) groups is 1. The lowest BCUT2D eigenvalue weighted by Crippen LogP contribution is -2.57. The summed E-state index contributed by atoms with van der Waals surface area (Å²) >= 11 is 0. The molecule has 1 amide bonds. The van der Waals surface area contributed by atoms with Crippen molar-refractivity contribution >= 4 is 15.9 Å². The van der Waals surface area contributed by atoms with Gasteiger partial charge < -0.3 is 5.32 Å². The van der Waals surface area contributed by atoms with Gasteiger partial charge in [-0.2, -0.15) is 0 Å². The molecule has 1 saturated heterocycles. The highest BCUT2D eigenvalue weighted by atomic mass is 32.2. The van der Waals surface area contributed by atoms with Crippen LogP contribution in [0.1, 0.15) is 64.7 Å². The van der Waals surface area contributed by atoms with Crippen LogP contribution < -0.4 is 5.32 Å². The van der Waals surface area contributed by atoms with Gasteiger partial charge in [0.1, 0.15) is 0 Å². The Morgan fingerprint density at radius 1 is 1.08 bits per heavy atom. The van der Waals surface area contributed by atoms with Crippen LogP contribution in [0.2, 0.25) is 0 Å². The van der Waals surface area contributed by atoms with E-state index in [1.54, 1.807) is 0 Å². The third-order valence-electron chi connectivity index (χ3n) is 7.84. The van der Waals surface area contributed by atoms with Crippen LogP contribution in [0.25, 0.3) is 0 Å². The Labute approximate surface area is 158 Å². The molecule has 0 aromatic carbocycles. The van der Waals surface area contributed by atoms with Crippen LogP contribution in [0, 0.1) is 29.1 Å². The number of rotatable bonds is 5. The molecule has 26 heavy (non-hydrogen) atoms. The Morgan fingerprint density at radius 2 is 1.58 bits per heavy atom. The second-order valence-corrected chi connectivity index (χ2v) is 11.7. The quantitative estimate of drug-likeness (QED) is 0.795. The lowest BCUT2D eigenvalue weighted by atomic mass is 9.47. The molecule has 4 bridgehead atoms. The first kappa shape index (κ1) is 18.7. The number of hydrogen-bond acceptors (Lipinski definition) is 3. The Morgan fingerprint density at radius 3 is 2.00 bits per heavy atom. The third-order valence-corrected chi connectivity index (χ3v) is 9.15. The van der Waals surface area contributed by atoms with Crippen molar-refractivity contribution in [3.8, 4) is 0 Å². The predicted molar refractivity (Wildman–Crippen MR) is 102 cm³/mol. The summed E-state index contributed by atoms with van der Waals surface area (Å²) in [4.78, 5) is 12.9. The summed E-state index contributed by atoms with van der Waals surface area (Å²) < 4.78 is 24.9. The number of sulfonamides is 1. The van der Waals surface area contributed by atoms with Gasteiger partial charge in [0, 0.05) is 25.0 Å². The first-order chi connectivity index (χ1) is 12.3. The van der Waals surface area contributed by atoms with E-state index in [2.05, 4.69) is 12.2 Å². The molecule has 1 N–H and O–H groups in total. The Kier molecular flexibility index (Phi) is 4.87. The van der Waals surface area contributed by atoms with E-state index in [0.29, 0.717) is 37.4 Å². The number of carbonyl (C=O) groups excluding carboxylic acids is 1. The number of nitrogens with zero attached hydrogens (tertiary/aromatic N) is 1. The maximum atomic E-state index is 12.9. The molecule has 1 aliphatic heterocycles. The minimum absolute atomic E-state index is 0.0315. The molecule has 5 aliphatic rings. The Hall–Kier alpha value is -0.620. The van der Waals surface area contributed by atoms with E-state index in [0.717, 1.165) is 24.2 Å². The highest BCUT2D eigenvalue weighted by Gasteiger charge is 2.54. The molecule has 5 rings (SSSR count). The standard InChI is InChI=1S/C20H34N2O3S/c1-3-18(20-11-14-8-15(12-20)10-16(9-14)13-20)21-19(23)17-4-6-22(7-5-17)26(2,24)25/h14-18H,3-13H2,1-2H3,(H,21,23). The maximum absolute atomic E-state index is 12.9. The normalized spacial score (nSPS) is 39.1. The summed E-state index contributed by atoms with van der Waals surface area (Å²) in [6, 6.07) is 0.302. The Balaban J connectivity index is 1.39. The van der Waals surface area contributed by atoms with Crippen LogP contribution in [0.3, 0.4) is 0 Å².